The van der Waals surface area contributed by atoms with Crippen LogP contribution in [0.25, 0.3) is 10.9 Å². The normalized spacial score (nSPS) is 18.9. The number of thioether (sulfide) groups is 1. The van der Waals surface area contributed by atoms with Crippen molar-refractivity contribution in [1.29, 1.82) is 0 Å². The van der Waals surface area contributed by atoms with Gasteiger partial charge in [-0.1, -0.05) is 0 Å². The van der Waals surface area contributed by atoms with Crippen LogP contribution in [0, 0.1) is 23.5 Å². The van der Waals surface area contributed by atoms with E-state index in [0.29, 0.717) is 30.2 Å². The van der Waals surface area contributed by atoms with Gasteiger partial charge in [-0.2, -0.15) is 5.48 Å². The number of nitrogens with zero attached hydrogens (tertiary/aromatic N) is 2. The Morgan fingerprint density at radius 2 is 2.00 bits per heavy atom. The molecule has 0 bridgehead atoms. The van der Waals surface area contributed by atoms with Crippen LogP contribution in [-0.4, -0.2) is 60.6 Å². The molecule has 4 rings (SSSR count). The van der Waals surface area contributed by atoms with Gasteiger partial charge in [0.15, 0.2) is 0 Å². The molecular formula is C28H33F2N3O4S. The first kappa shape index (κ1) is 28.2. The van der Waals surface area contributed by atoms with Crippen molar-refractivity contribution >= 4 is 28.6 Å². The molecule has 204 valence electrons. The highest BCUT2D eigenvalue weighted by Crippen LogP contribution is 2.34. The molecule has 1 saturated heterocycles. The quantitative estimate of drug-likeness (QED) is 0.234. The summed E-state index contributed by atoms with van der Waals surface area (Å²) in [5.41, 5.74) is 4.96. The third-order valence-electron chi connectivity index (χ3n) is 7.11. The van der Waals surface area contributed by atoms with Crippen LogP contribution >= 0.6 is 11.8 Å². The molecule has 2 aromatic carbocycles. The molecule has 0 radical (unpaired) electrons. The molecule has 0 saturated carbocycles. The maximum absolute atomic E-state index is 13.4. The second kappa shape index (κ2) is 13.3. The highest BCUT2D eigenvalue weighted by molar-refractivity contribution is 7.99. The number of ether oxygens (including phenoxy) is 1. The van der Waals surface area contributed by atoms with E-state index in [2.05, 4.69) is 15.4 Å². The molecule has 0 aliphatic carbocycles. The summed E-state index contributed by atoms with van der Waals surface area (Å²) in [6.45, 7) is 1.89. The monoisotopic (exact) mass is 545 g/mol. The van der Waals surface area contributed by atoms with Gasteiger partial charge >= 0.3 is 5.97 Å². The van der Waals surface area contributed by atoms with Crippen molar-refractivity contribution in [3.05, 3.63) is 65.9 Å². The summed E-state index contributed by atoms with van der Waals surface area (Å²) in [6, 6.07) is 11.0. The largest absolute Gasteiger partial charge is 0.497 e. The Labute approximate surface area is 225 Å². The number of carboxylic acids is 1. The lowest BCUT2D eigenvalue weighted by molar-refractivity contribution is -0.146. The number of hydroxylamine groups is 1. The first-order valence-electron chi connectivity index (χ1n) is 12.6. The molecule has 0 amide bonds. The molecule has 7 nitrogen and oxygen atoms in total. The van der Waals surface area contributed by atoms with Gasteiger partial charge in [0.1, 0.15) is 17.4 Å². The molecule has 1 unspecified atom stereocenters. The number of benzene rings is 2. The predicted octanol–water partition coefficient (Wildman–Crippen LogP) is 5.31. The number of hydrogen-bond donors (Lipinski definition) is 2. The number of nitrogens with one attached hydrogen (secondary N) is 1. The topological polar surface area (TPSA) is 83.9 Å². The van der Waals surface area contributed by atoms with Gasteiger partial charge in [0, 0.05) is 41.4 Å². The minimum absolute atomic E-state index is 0.0255. The van der Waals surface area contributed by atoms with Crippen molar-refractivity contribution in [1.82, 2.24) is 15.4 Å². The Morgan fingerprint density at radius 1 is 1.21 bits per heavy atom. The van der Waals surface area contributed by atoms with Gasteiger partial charge in [-0.3, -0.25) is 9.78 Å². The lowest BCUT2D eigenvalue weighted by Gasteiger charge is -2.37. The van der Waals surface area contributed by atoms with Crippen LogP contribution in [0.2, 0.25) is 0 Å². The van der Waals surface area contributed by atoms with Gasteiger partial charge in [0.05, 0.1) is 31.7 Å². The van der Waals surface area contributed by atoms with Gasteiger partial charge in [-0.05, 0) is 73.7 Å². The fraction of sp³-hybridized carbons (Fsp3) is 0.429. The Balaban J connectivity index is 1.38. The summed E-state index contributed by atoms with van der Waals surface area (Å²) >= 11 is 1.37. The van der Waals surface area contributed by atoms with E-state index in [1.165, 1.54) is 23.9 Å². The van der Waals surface area contributed by atoms with Crippen molar-refractivity contribution in [3.63, 3.8) is 0 Å². The fourth-order valence-corrected chi connectivity index (χ4v) is 6.16. The van der Waals surface area contributed by atoms with Crippen LogP contribution in [0.4, 0.5) is 8.78 Å². The van der Waals surface area contributed by atoms with Gasteiger partial charge in [0.25, 0.3) is 0 Å². The fourth-order valence-electron chi connectivity index (χ4n) is 5.18. The number of halogens is 2. The van der Waals surface area contributed by atoms with Gasteiger partial charge in [-0.15, -0.1) is 11.8 Å². The number of piperidine rings is 1. The van der Waals surface area contributed by atoms with Crippen LogP contribution in [0.15, 0.2) is 53.6 Å². The van der Waals surface area contributed by atoms with E-state index in [1.807, 2.05) is 24.3 Å². The van der Waals surface area contributed by atoms with Crippen LogP contribution in [0.3, 0.4) is 0 Å². The lowest BCUT2D eigenvalue weighted by atomic mass is 9.81. The van der Waals surface area contributed by atoms with Crippen LogP contribution in [-0.2, 0) is 9.63 Å². The number of aromatic nitrogens is 1. The lowest BCUT2D eigenvalue weighted by Crippen LogP contribution is -2.44. The molecule has 3 atom stereocenters. The van der Waals surface area contributed by atoms with Gasteiger partial charge in [0.2, 0.25) is 0 Å². The number of carboxylic acid groups (broad SMARTS) is 1. The zero-order valence-corrected chi connectivity index (χ0v) is 22.3. The van der Waals surface area contributed by atoms with Crippen LogP contribution < -0.4 is 10.2 Å². The van der Waals surface area contributed by atoms with Crippen LogP contribution in [0.1, 0.15) is 30.9 Å². The molecule has 0 spiro atoms. The van der Waals surface area contributed by atoms with Crippen LogP contribution in [0.5, 0.6) is 5.75 Å². The zero-order chi connectivity index (χ0) is 27.1. The molecule has 1 aromatic heterocycles. The number of aliphatic carboxylic acids is 1. The molecule has 10 heteroatoms. The molecule has 1 fully saturated rings. The number of likely N-dealkylation sites (tertiary alicyclic amines) is 1. The van der Waals surface area contributed by atoms with E-state index in [-0.39, 0.29) is 12.0 Å². The summed E-state index contributed by atoms with van der Waals surface area (Å²) in [7, 11) is 3.20. The zero-order valence-electron chi connectivity index (χ0n) is 21.5. The van der Waals surface area contributed by atoms with Gasteiger partial charge < -0.3 is 19.6 Å². The summed E-state index contributed by atoms with van der Waals surface area (Å²) in [6.07, 6.45) is 3.95. The SMILES string of the molecule is CONC(CC[C@@H]1CCN(CCSc2cc(F)cc(F)c2)C[C@@H]1C(=O)O)c1ccnc2ccc(OC)cc12. The number of fused-ring (bicyclic) bond motifs is 1. The number of methoxy groups -OCH3 is 1. The maximum atomic E-state index is 13.4. The average Bonchev–Trinajstić information content (AvgIpc) is 2.90. The first-order valence-corrected chi connectivity index (χ1v) is 13.6. The molecule has 3 aromatic rings. The number of carbonyl (C=O) groups is 1. The summed E-state index contributed by atoms with van der Waals surface area (Å²) in [5.74, 6) is -1.09. The molecular weight excluding hydrogens is 512 g/mol. The van der Waals surface area contributed by atoms with E-state index in [9.17, 15) is 18.7 Å². The minimum Gasteiger partial charge on any atom is -0.497 e. The molecule has 2 N–H and O–H groups in total. The standard InChI is InChI=1S/C28H33F2N3O4S/c1-36-21-4-6-26-24(16-21)23(7-9-31-26)27(32-37-2)5-3-18-8-10-33(17-25(18)28(34)35)11-12-38-22-14-19(29)13-20(30)15-22/h4,6-7,9,13-16,18,25,27,32H,3,5,8,10-12,17H2,1-2H3,(H,34,35)/t18-,25+,27?/m1/s1. The number of pyridine rings is 1. The summed E-state index contributed by atoms with van der Waals surface area (Å²) < 4.78 is 32.3. The molecule has 38 heavy (non-hydrogen) atoms. The predicted molar refractivity (Wildman–Crippen MR) is 143 cm³/mol. The molecule has 1 aliphatic heterocycles. The number of rotatable bonds is 12. The minimum atomic E-state index is -0.796. The first-order chi connectivity index (χ1) is 18.4. The van der Waals surface area contributed by atoms with E-state index < -0.39 is 23.5 Å². The van der Waals surface area contributed by atoms with Crippen molar-refractivity contribution < 1.29 is 28.3 Å². The maximum Gasteiger partial charge on any atom is 0.308 e. The van der Waals surface area contributed by atoms with Gasteiger partial charge in [-0.25, -0.2) is 8.78 Å². The van der Waals surface area contributed by atoms with E-state index in [4.69, 9.17) is 9.57 Å². The Kier molecular flexibility index (Phi) is 9.90. The highest BCUT2D eigenvalue weighted by Gasteiger charge is 2.34. The summed E-state index contributed by atoms with van der Waals surface area (Å²) in [5, 5.41) is 11.0. The van der Waals surface area contributed by atoms with Crippen molar-refractivity contribution in [2.75, 3.05) is 39.6 Å². The molecule has 2 heterocycles. The van der Waals surface area contributed by atoms with Crippen molar-refractivity contribution in [3.8, 4) is 5.75 Å². The smallest absolute Gasteiger partial charge is 0.308 e. The van der Waals surface area contributed by atoms with E-state index in [1.54, 1.807) is 20.4 Å². The Bertz CT molecular complexity index is 1230. The Morgan fingerprint density at radius 3 is 2.71 bits per heavy atom. The average molecular weight is 546 g/mol. The van der Waals surface area contributed by atoms with E-state index >= 15 is 0 Å². The van der Waals surface area contributed by atoms with E-state index in [0.717, 1.165) is 47.7 Å². The van der Waals surface area contributed by atoms with Crippen molar-refractivity contribution in [2.45, 2.75) is 30.2 Å². The Hall–Kier alpha value is -2.79. The second-order valence-corrected chi connectivity index (χ2v) is 10.7. The van der Waals surface area contributed by atoms with Crippen molar-refractivity contribution in [2.24, 2.45) is 11.8 Å². The highest BCUT2D eigenvalue weighted by atomic mass is 32.2. The number of hydrogen-bond acceptors (Lipinski definition) is 7. The molecule has 1 aliphatic rings. The third-order valence-corrected chi connectivity index (χ3v) is 8.07. The second-order valence-electron chi connectivity index (χ2n) is 9.48. The third kappa shape index (κ3) is 7.19. The summed E-state index contributed by atoms with van der Waals surface area (Å²) in [4.78, 5) is 24.6.